The van der Waals surface area contributed by atoms with Crippen LogP contribution in [0.3, 0.4) is 0 Å². The van der Waals surface area contributed by atoms with Crippen LogP contribution in [0.5, 0.6) is 0 Å². The van der Waals surface area contributed by atoms with Crippen LogP contribution in [0.4, 0.5) is 4.39 Å². The van der Waals surface area contributed by atoms with Gasteiger partial charge in [0.1, 0.15) is 5.82 Å². The van der Waals surface area contributed by atoms with E-state index in [0.29, 0.717) is 22.2 Å². The van der Waals surface area contributed by atoms with Gasteiger partial charge in [0.15, 0.2) is 0 Å². The molecule has 0 unspecified atom stereocenters. The molecule has 0 radical (unpaired) electrons. The van der Waals surface area contributed by atoms with Gasteiger partial charge in [-0.15, -0.1) is 0 Å². The highest BCUT2D eigenvalue weighted by atomic mass is 19.1. The first kappa shape index (κ1) is 10.5. The van der Waals surface area contributed by atoms with E-state index in [9.17, 15) is 9.18 Å². The first-order chi connectivity index (χ1) is 7.50. The third-order valence-corrected chi connectivity index (χ3v) is 2.65. The van der Waals surface area contributed by atoms with Crippen LogP contribution in [0, 0.1) is 19.7 Å². The normalized spacial score (nSPS) is 10.7. The fourth-order valence-corrected chi connectivity index (χ4v) is 1.73. The average molecular weight is 219 g/mol. The molecular formula is C12H10FNO2. The lowest BCUT2D eigenvalue weighted by Gasteiger charge is -2.08. The van der Waals surface area contributed by atoms with Gasteiger partial charge in [0.05, 0.1) is 11.1 Å². The molecule has 0 saturated carbocycles. The minimum atomic E-state index is -1.06. The number of hydrogen-bond donors (Lipinski definition) is 1. The van der Waals surface area contributed by atoms with Crippen molar-refractivity contribution in [3.8, 4) is 0 Å². The number of pyridine rings is 1. The lowest BCUT2D eigenvalue weighted by Crippen LogP contribution is -2.05. The Morgan fingerprint density at radius 3 is 2.69 bits per heavy atom. The number of aromatic nitrogens is 1. The Kier molecular flexibility index (Phi) is 2.34. The van der Waals surface area contributed by atoms with E-state index in [-0.39, 0.29) is 5.56 Å². The maximum Gasteiger partial charge on any atom is 0.336 e. The number of aromatic carboxylic acids is 1. The Bertz CT molecular complexity index is 593. The van der Waals surface area contributed by atoms with E-state index in [2.05, 4.69) is 4.98 Å². The highest BCUT2D eigenvalue weighted by molar-refractivity contribution is 6.04. The smallest absolute Gasteiger partial charge is 0.336 e. The molecule has 0 aliphatic carbocycles. The van der Waals surface area contributed by atoms with Gasteiger partial charge in [-0.25, -0.2) is 9.18 Å². The van der Waals surface area contributed by atoms with Crippen LogP contribution in [-0.2, 0) is 0 Å². The monoisotopic (exact) mass is 219 g/mol. The fraction of sp³-hybridized carbons (Fsp3) is 0.167. The van der Waals surface area contributed by atoms with Gasteiger partial charge in [0.2, 0.25) is 0 Å². The second-order valence-corrected chi connectivity index (χ2v) is 3.66. The number of nitrogens with zero attached hydrogens (tertiary/aromatic N) is 1. The molecule has 2 aromatic rings. The molecular weight excluding hydrogens is 209 g/mol. The molecule has 3 nitrogen and oxygen atoms in total. The van der Waals surface area contributed by atoms with Crippen molar-refractivity contribution in [3.05, 3.63) is 40.8 Å². The second kappa shape index (κ2) is 3.56. The zero-order valence-electron chi connectivity index (χ0n) is 8.91. The number of hydrogen-bond acceptors (Lipinski definition) is 2. The molecule has 0 fully saturated rings. The van der Waals surface area contributed by atoms with E-state index in [0.717, 1.165) is 0 Å². The van der Waals surface area contributed by atoms with Crippen LogP contribution >= 0.6 is 0 Å². The number of carboxylic acid groups (broad SMARTS) is 1. The largest absolute Gasteiger partial charge is 0.478 e. The minimum absolute atomic E-state index is 0.127. The van der Waals surface area contributed by atoms with Crippen molar-refractivity contribution in [1.82, 2.24) is 4.98 Å². The summed E-state index contributed by atoms with van der Waals surface area (Å²) in [6, 6.07) is 3.97. The predicted molar refractivity (Wildman–Crippen MR) is 58.1 cm³/mol. The van der Waals surface area contributed by atoms with Crippen molar-refractivity contribution < 1.29 is 14.3 Å². The number of carboxylic acids is 1. The molecule has 1 heterocycles. The summed E-state index contributed by atoms with van der Waals surface area (Å²) in [5, 5.41) is 9.47. The van der Waals surface area contributed by atoms with Crippen molar-refractivity contribution in [2.45, 2.75) is 13.8 Å². The van der Waals surface area contributed by atoms with Crippen LogP contribution in [0.1, 0.15) is 21.6 Å². The van der Waals surface area contributed by atoms with Crippen LogP contribution in [-0.4, -0.2) is 16.1 Å². The van der Waals surface area contributed by atoms with Gasteiger partial charge in [0.25, 0.3) is 0 Å². The summed E-state index contributed by atoms with van der Waals surface area (Å²) in [5.74, 6) is -1.52. The molecule has 16 heavy (non-hydrogen) atoms. The molecule has 1 aromatic heterocycles. The lowest BCUT2D eigenvalue weighted by molar-refractivity contribution is 0.0698. The Balaban J connectivity index is 2.96. The van der Waals surface area contributed by atoms with Gasteiger partial charge in [-0.1, -0.05) is 0 Å². The summed E-state index contributed by atoms with van der Waals surface area (Å²) in [4.78, 5) is 15.4. The molecule has 0 saturated heterocycles. The molecule has 0 aliphatic rings. The number of aryl methyl sites for hydroxylation is 1. The Labute approximate surface area is 91.5 Å². The summed E-state index contributed by atoms with van der Waals surface area (Å²) < 4.78 is 13.1. The summed E-state index contributed by atoms with van der Waals surface area (Å²) in [6.07, 6.45) is 0. The van der Waals surface area contributed by atoms with E-state index in [1.165, 1.54) is 18.2 Å². The zero-order valence-corrected chi connectivity index (χ0v) is 8.91. The molecule has 1 N–H and O–H groups in total. The molecule has 0 atom stereocenters. The second-order valence-electron chi connectivity index (χ2n) is 3.66. The molecule has 0 spiro atoms. The average Bonchev–Trinajstić information content (AvgIpc) is 2.20. The highest BCUT2D eigenvalue weighted by Gasteiger charge is 2.15. The highest BCUT2D eigenvalue weighted by Crippen LogP contribution is 2.23. The third-order valence-electron chi connectivity index (χ3n) is 2.65. The third kappa shape index (κ3) is 1.52. The number of halogens is 1. The zero-order chi connectivity index (χ0) is 11.9. The molecule has 82 valence electrons. The van der Waals surface area contributed by atoms with E-state index in [4.69, 9.17) is 5.11 Å². The summed E-state index contributed by atoms with van der Waals surface area (Å²) in [6.45, 7) is 3.42. The van der Waals surface area contributed by atoms with Gasteiger partial charge in [-0.2, -0.15) is 0 Å². The fourth-order valence-electron chi connectivity index (χ4n) is 1.73. The SMILES string of the molecule is Cc1nc2ccc(F)cc2c(C(=O)O)c1C. The van der Waals surface area contributed by atoms with Crippen LogP contribution in [0.15, 0.2) is 18.2 Å². The first-order valence-corrected chi connectivity index (χ1v) is 4.80. The van der Waals surface area contributed by atoms with E-state index < -0.39 is 11.8 Å². The number of rotatable bonds is 1. The van der Waals surface area contributed by atoms with Gasteiger partial charge in [-0.05, 0) is 37.6 Å². The van der Waals surface area contributed by atoms with E-state index >= 15 is 0 Å². The molecule has 1 aromatic carbocycles. The lowest BCUT2D eigenvalue weighted by atomic mass is 10.0. The Hall–Kier alpha value is -1.97. The quantitative estimate of drug-likeness (QED) is 0.802. The Morgan fingerprint density at radius 2 is 2.06 bits per heavy atom. The van der Waals surface area contributed by atoms with Crippen molar-refractivity contribution in [2.75, 3.05) is 0 Å². The van der Waals surface area contributed by atoms with Crippen molar-refractivity contribution >= 4 is 16.9 Å². The van der Waals surface area contributed by atoms with E-state index in [1.807, 2.05) is 0 Å². The maximum atomic E-state index is 13.1. The van der Waals surface area contributed by atoms with Gasteiger partial charge < -0.3 is 5.11 Å². The summed E-state index contributed by atoms with van der Waals surface area (Å²) >= 11 is 0. The van der Waals surface area contributed by atoms with E-state index in [1.54, 1.807) is 13.8 Å². The molecule has 2 rings (SSSR count). The summed E-state index contributed by atoms with van der Waals surface area (Å²) in [5.41, 5.74) is 1.85. The van der Waals surface area contributed by atoms with Crippen LogP contribution in [0.2, 0.25) is 0 Å². The maximum absolute atomic E-state index is 13.1. The topological polar surface area (TPSA) is 50.2 Å². The minimum Gasteiger partial charge on any atom is -0.478 e. The number of benzene rings is 1. The molecule has 0 aliphatic heterocycles. The van der Waals surface area contributed by atoms with Gasteiger partial charge >= 0.3 is 5.97 Å². The first-order valence-electron chi connectivity index (χ1n) is 4.80. The van der Waals surface area contributed by atoms with Crippen molar-refractivity contribution in [3.63, 3.8) is 0 Å². The predicted octanol–water partition coefficient (Wildman–Crippen LogP) is 2.69. The van der Waals surface area contributed by atoms with Gasteiger partial charge in [-0.3, -0.25) is 4.98 Å². The molecule has 4 heteroatoms. The Morgan fingerprint density at radius 1 is 1.38 bits per heavy atom. The van der Waals surface area contributed by atoms with Crippen LogP contribution in [0.25, 0.3) is 10.9 Å². The van der Waals surface area contributed by atoms with Gasteiger partial charge in [0, 0.05) is 11.1 Å². The number of carbonyl (C=O) groups is 1. The number of fused-ring (bicyclic) bond motifs is 1. The van der Waals surface area contributed by atoms with Crippen molar-refractivity contribution in [2.24, 2.45) is 0 Å². The summed E-state index contributed by atoms with van der Waals surface area (Å²) in [7, 11) is 0. The molecule has 0 amide bonds. The standard InChI is InChI=1S/C12H10FNO2/c1-6-7(2)14-10-4-3-8(13)5-9(10)11(6)12(15)16/h3-5H,1-2H3,(H,15,16). The van der Waals surface area contributed by atoms with Crippen molar-refractivity contribution in [1.29, 1.82) is 0 Å². The van der Waals surface area contributed by atoms with Crippen LogP contribution < -0.4 is 0 Å². The molecule has 0 bridgehead atoms.